The molecule has 1 amide bonds. The molecule has 0 spiro atoms. The number of aryl methyl sites for hydroxylation is 1. The number of benzene rings is 3. The first-order valence-electron chi connectivity index (χ1n) is 13.7. The molecule has 1 saturated carbocycles. The lowest BCUT2D eigenvalue weighted by molar-refractivity contribution is 0.0937. The van der Waals surface area contributed by atoms with Gasteiger partial charge in [0.2, 0.25) is 0 Å². The van der Waals surface area contributed by atoms with Gasteiger partial charge in [-0.2, -0.15) is 0 Å². The fourth-order valence-electron chi connectivity index (χ4n) is 5.14. The van der Waals surface area contributed by atoms with Gasteiger partial charge in [-0.05, 0) is 84.0 Å². The van der Waals surface area contributed by atoms with Crippen LogP contribution in [0, 0.1) is 6.92 Å². The second-order valence-corrected chi connectivity index (χ2v) is 11.3. The van der Waals surface area contributed by atoms with E-state index in [-0.39, 0.29) is 11.3 Å². The highest BCUT2D eigenvalue weighted by molar-refractivity contribution is 6.01. The predicted molar refractivity (Wildman–Crippen MR) is 155 cm³/mol. The van der Waals surface area contributed by atoms with Crippen LogP contribution in [0.25, 0.3) is 11.6 Å². The first kappa shape index (κ1) is 26.7. The molecule has 3 nitrogen and oxygen atoms in total. The Morgan fingerprint density at radius 3 is 2.32 bits per heavy atom. The lowest BCUT2D eigenvalue weighted by Crippen LogP contribution is -2.33. The van der Waals surface area contributed by atoms with Gasteiger partial charge in [-0.25, -0.2) is 0 Å². The third-order valence-electron chi connectivity index (χ3n) is 7.25. The first-order valence-corrected chi connectivity index (χ1v) is 13.7. The summed E-state index contributed by atoms with van der Waals surface area (Å²) in [5.74, 6) is 0.939. The van der Waals surface area contributed by atoms with Crippen molar-refractivity contribution in [3.05, 3.63) is 101 Å². The molecule has 1 fully saturated rings. The van der Waals surface area contributed by atoms with E-state index in [0.29, 0.717) is 12.6 Å². The molecule has 0 radical (unpaired) electrons. The van der Waals surface area contributed by atoms with Gasteiger partial charge < -0.3 is 10.1 Å². The Hall–Kier alpha value is -3.33. The summed E-state index contributed by atoms with van der Waals surface area (Å²) < 4.78 is 6.10. The molecule has 3 aromatic rings. The zero-order chi connectivity index (χ0) is 26.3. The van der Waals surface area contributed by atoms with Crippen molar-refractivity contribution in [2.75, 3.05) is 6.61 Å². The van der Waals surface area contributed by atoms with Gasteiger partial charge in [0.25, 0.3) is 5.91 Å². The Kier molecular flexibility index (Phi) is 8.87. The molecule has 1 N–H and O–H groups in total. The van der Waals surface area contributed by atoms with E-state index in [1.54, 1.807) is 0 Å². The molecule has 1 aliphatic carbocycles. The summed E-state index contributed by atoms with van der Waals surface area (Å²) >= 11 is 0. The van der Waals surface area contributed by atoms with E-state index in [0.717, 1.165) is 53.7 Å². The van der Waals surface area contributed by atoms with Crippen LogP contribution in [0.5, 0.6) is 5.75 Å². The summed E-state index contributed by atoms with van der Waals surface area (Å²) in [7, 11) is 0. The van der Waals surface area contributed by atoms with Gasteiger partial charge in [0, 0.05) is 11.6 Å². The number of hydrogen-bond donors (Lipinski definition) is 1. The van der Waals surface area contributed by atoms with Gasteiger partial charge >= 0.3 is 0 Å². The summed E-state index contributed by atoms with van der Waals surface area (Å²) in [5, 5.41) is 3.29. The Labute approximate surface area is 223 Å². The highest BCUT2D eigenvalue weighted by Crippen LogP contribution is 2.30. The zero-order valence-corrected chi connectivity index (χ0v) is 22.8. The molecule has 0 aliphatic heterocycles. The van der Waals surface area contributed by atoms with Crippen molar-refractivity contribution in [3.8, 4) is 5.75 Å². The molecule has 194 valence electrons. The van der Waals surface area contributed by atoms with Crippen LogP contribution in [-0.2, 0) is 5.41 Å². The van der Waals surface area contributed by atoms with Crippen molar-refractivity contribution >= 4 is 17.6 Å². The van der Waals surface area contributed by atoms with Gasteiger partial charge in [0.05, 0.1) is 6.61 Å². The third kappa shape index (κ3) is 7.35. The summed E-state index contributed by atoms with van der Waals surface area (Å²) in [6, 6.07) is 25.2. The Bertz CT molecular complexity index is 1200. The minimum atomic E-state index is 0.0414. The van der Waals surface area contributed by atoms with Crippen LogP contribution in [0.2, 0.25) is 0 Å². The number of carbonyl (C=O) groups excluding carboxylic acids is 1. The van der Waals surface area contributed by atoms with Crippen molar-refractivity contribution in [1.29, 1.82) is 0 Å². The summed E-state index contributed by atoms with van der Waals surface area (Å²) in [5.41, 5.74) is 6.69. The SMILES string of the molecule is Cc1cccc(C(=O)NC2CCCC2)c1/C(=C\c1ccccc1)CCCOc1ccc(C(C)(C)C)cc1. The van der Waals surface area contributed by atoms with E-state index in [1.165, 1.54) is 24.0 Å². The van der Waals surface area contributed by atoms with Crippen LogP contribution >= 0.6 is 0 Å². The maximum absolute atomic E-state index is 13.4. The fourth-order valence-corrected chi connectivity index (χ4v) is 5.14. The van der Waals surface area contributed by atoms with Crippen LogP contribution < -0.4 is 10.1 Å². The fraction of sp³-hybridized carbons (Fsp3) is 0.382. The molecular weight excluding hydrogens is 454 g/mol. The van der Waals surface area contributed by atoms with Crippen molar-refractivity contribution in [3.63, 3.8) is 0 Å². The van der Waals surface area contributed by atoms with Gasteiger partial charge in [0.15, 0.2) is 0 Å². The summed E-state index contributed by atoms with van der Waals surface area (Å²) in [4.78, 5) is 13.4. The van der Waals surface area contributed by atoms with Gasteiger partial charge in [-0.15, -0.1) is 0 Å². The second kappa shape index (κ2) is 12.3. The van der Waals surface area contributed by atoms with Crippen LogP contribution in [0.15, 0.2) is 72.8 Å². The molecule has 3 aromatic carbocycles. The van der Waals surface area contributed by atoms with Gasteiger partial charge in [-0.3, -0.25) is 4.79 Å². The van der Waals surface area contributed by atoms with Gasteiger partial charge in [-0.1, -0.05) is 94.3 Å². The number of nitrogens with one attached hydrogen (secondary N) is 1. The maximum atomic E-state index is 13.4. The van der Waals surface area contributed by atoms with E-state index >= 15 is 0 Å². The Balaban J connectivity index is 1.52. The van der Waals surface area contributed by atoms with Crippen molar-refractivity contribution in [2.24, 2.45) is 0 Å². The van der Waals surface area contributed by atoms with Crippen LogP contribution in [0.4, 0.5) is 0 Å². The molecular formula is C34H41NO2. The van der Waals surface area contributed by atoms with E-state index in [2.05, 4.69) is 93.7 Å². The topological polar surface area (TPSA) is 38.3 Å². The normalized spacial score (nSPS) is 14.5. The Morgan fingerprint density at radius 1 is 0.946 bits per heavy atom. The molecule has 0 unspecified atom stereocenters. The molecule has 0 heterocycles. The molecule has 0 aromatic heterocycles. The molecule has 3 heteroatoms. The number of rotatable bonds is 9. The maximum Gasteiger partial charge on any atom is 0.252 e. The summed E-state index contributed by atoms with van der Waals surface area (Å²) in [6.45, 7) is 9.39. The summed E-state index contributed by atoms with van der Waals surface area (Å²) in [6.07, 6.45) is 8.46. The molecule has 0 bridgehead atoms. The second-order valence-electron chi connectivity index (χ2n) is 11.3. The standard InChI is InChI=1S/C34H41NO2/c1-25-12-10-18-31(33(36)35-29-16-8-9-17-29)32(25)27(24-26-13-6-5-7-14-26)15-11-23-37-30-21-19-28(20-22-30)34(2,3)4/h5-7,10,12-14,18-22,24,29H,8-9,11,15-17,23H2,1-4H3,(H,35,36)/b27-24-. The Morgan fingerprint density at radius 2 is 1.65 bits per heavy atom. The van der Waals surface area contributed by atoms with Gasteiger partial charge in [0.1, 0.15) is 5.75 Å². The van der Waals surface area contributed by atoms with Crippen LogP contribution in [0.3, 0.4) is 0 Å². The van der Waals surface area contributed by atoms with E-state index in [4.69, 9.17) is 4.74 Å². The molecule has 1 aliphatic rings. The lowest BCUT2D eigenvalue weighted by Gasteiger charge is -2.19. The predicted octanol–water partition coefficient (Wildman–Crippen LogP) is 8.36. The third-order valence-corrected chi connectivity index (χ3v) is 7.25. The molecule has 0 atom stereocenters. The van der Waals surface area contributed by atoms with E-state index in [1.807, 2.05) is 18.2 Å². The number of amides is 1. The lowest BCUT2D eigenvalue weighted by atomic mass is 9.87. The zero-order valence-electron chi connectivity index (χ0n) is 22.8. The number of hydrogen-bond acceptors (Lipinski definition) is 2. The molecule has 37 heavy (non-hydrogen) atoms. The van der Waals surface area contributed by atoms with E-state index in [9.17, 15) is 4.79 Å². The largest absolute Gasteiger partial charge is 0.494 e. The van der Waals surface area contributed by atoms with Crippen LogP contribution in [0.1, 0.15) is 91.9 Å². The van der Waals surface area contributed by atoms with Crippen molar-refractivity contribution in [1.82, 2.24) is 5.32 Å². The van der Waals surface area contributed by atoms with Crippen molar-refractivity contribution in [2.45, 2.75) is 77.7 Å². The monoisotopic (exact) mass is 495 g/mol. The first-order chi connectivity index (χ1) is 17.8. The minimum absolute atomic E-state index is 0.0414. The average molecular weight is 496 g/mol. The smallest absolute Gasteiger partial charge is 0.252 e. The number of allylic oxidation sites excluding steroid dienone is 1. The quantitative estimate of drug-likeness (QED) is 0.239. The van der Waals surface area contributed by atoms with Crippen molar-refractivity contribution < 1.29 is 9.53 Å². The average Bonchev–Trinajstić information content (AvgIpc) is 3.39. The van der Waals surface area contributed by atoms with Crippen LogP contribution in [-0.4, -0.2) is 18.6 Å². The highest BCUT2D eigenvalue weighted by Gasteiger charge is 2.22. The van der Waals surface area contributed by atoms with E-state index < -0.39 is 0 Å². The highest BCUT2D eigenvalue weighted by atomic mass is 16.5. The number of ether oxygens (including phenoxy) is 1. The molecule has 4 rings (SSSR count). The number of carbonyl (C=O) groups is 1. The minimum Gasteiger partial charge on any atom is -0.494 e. The molecule has 0 saturated heterocycles.